The van der Waals surface area contributed by atoms with Crippen LogP contribution in [0.4, 0.5) is 10.1 Å². The summed E-state index contributed by atoms with van der Waals surface area (Å²) in [4.78, 5) is 13.6. The van der Waals surface area contributed by atoms with Gasteiger partial charge in [0.05, 0.1) is 16.0 Å². The van der Waals surface area contributed by atoms with E-state index in [2.05, 4.69) is 21.6 Å². The van der Waals surface area contributed by atoms with Gasteiger partial charge in [-0.2, -0.15) is 0 Å². The number of hydrogen-bond acceptors (Lipinski definition) is 5. The smallest absolute Gasteiger partial charge is 0.237 e. The number of carbonyl (C=O) groups excluding carboxylic acids is 1. The Morgan fingerprint density at radius 3 is 2.92 bits per heavy atom. The average molecular weight is 411 g/mol. The molecule has 0 unspecified atom stereocenters. The number of rotatable bonds is 6. The van der Waals surface area contributed by atoms with Gasteiger partial charge in [-0.05, 0) is 36.6 Å². The summed E-state index contributed by atoms with van der Waals surface area (Å²) in [5.41, 5.74) is 0.377. The number of halogens is 2. The van der Waals surface area contributed by atoms with Crippen molar-refractivity contribution >= 4 is 46.3 Å². The normalized spacial score (nSPS) is 12.2. The van der Waals surface area contributed by atoms with Gasteiger partial charge < -0.3 is 9.88 Å². The zero-order chi connectivity index (χ0) is 18.7. The number of hydrogen-bond donors (Lipinski definition) is 1. The van der Waals surface area contributed by atoms with Gasteiger partial charge in [0.15, 0.2) is 5.16 Å². The molecule has 0 bridgehead atoms. The number of thiophene rings is 1. The van der Waals surface area contributed by atoms with Crippen LogP contribution in [0.25, 0.3) is 0 Å². The van der Waals surface area contributed by atoms with Gasteiger partial charge in [0.25, 0.3) is 0 Å². The Kier molecular flexibility index (Phi) is 5.95. The van der Waals surface area contributed by atoms with Crippen LogP contribution in [0.1, 0.15) is 17.6 Å². The Labute approximate surface area is 163 Å². The van der Waals surface area contributed by atoms with Gasteiger partial charge in [0.1, 0.15) is 11.6 Å². The number of nitrogens with zero attached hydrogens (tertiary/aromatic N) is 3. The van der Waals surface area contributed by atoms with Gasteiger partial charge in [0, 0.05) is 18.3 Å². The third-order valence-electron chi connectivity index (χ3n) is 3.68. The molecule has 0 aliphatic rings. The summed E-state index contributed by atoms with van der Waals surface area (Å²) in [6.45, 7) is 1.77. The summed E-state index contributed by atoms with van der Waals surface area (Å²) in [6, 6.07) is 7.90. The predicted octanol–water partition coefficient (Wildman–Crippen LogP) is 4.38. The lowest BCUT2D eigenvalue weighted by Crippen LogP contribution is -2.23. The number of thioether (sulfide) groups is 1. The van der Waals surface area contributed by atoms with Gasteiger partial charge in [0.2, 0.25) is 5.91 Å². The lowest BCUT2D eigenvalue weighted by molar-refractivity contribution is -0.115. The zero-order valence-electron chi connectivity index (χ0n) is 14.1. The maximum Gasteiger partial charge on any atom is 0.237 e. The minimum atomic E-state index is -0.451. The van der Waals surface area contributed by atoms with E-state index in [0.717, 1.165) is 11.9 Å². The molecular weight excluding hydrogens is 395 g/mol. The Morgan fingerprint density at radius 2 is 2.23 bits per heavy atom. The molecule has 0 aliphatic heterocycles. The fourth-order valence-corrected chi connectivity index (χ4v) is 3.96. The van der Waals surface area contributed by atoms with Crippen molar-refractivity contribution in [2.75, 3.05) is 5.32 Å². The first-order valence-corrected chi connectivity index (χ1v) is 9.91. The second-order valence-corrected chi connectivity index (χ2v) is 8.33. The molecule has 136 valence electrons. The van der Waals surface area contributed by atoms with Crippen LogP contribution in [0.15, 0.2) is 40.9 Å². The van der Waals surface area contributed by atoms with E-state index in [-0.39, 0.29) is 10.9 Å². The Hall–Kier alpha value is -1.90. The van der Waals surface area contributed by atoms with Crippen molar-refractivity contribution in [2.45, 2.75) is 23.8 Å². The van der Waals surface area contributed by atoms with Crippen LogP contribution in [-0.2, 0) is 18.3 Å². The molecule has 0 saturated heterocycles. The van der Waals surface area contributed by atoms with E-state index in [1.54, 1.807) is 18.3 Å². The van der Waals surface area contributed by atoms with Crippen LogP contribution < -0.4 is 5.32 Å². The highest BCUT2D eigenvalue weighted by atomic mass is 35.5. The zero-order valence-corrected chi connectivity index (χ0v) is 16.5. The molecule has 1 aromatic carbocycles. The summed E-state index contributed by atoms with van der Waals surface area (Å²) in [7, 11) is 1.88. The standard InChI is InChI=1S/C17H16ClFN4OS2/c1-10(16(24)20-14-6-5-11(19)8-13(14)18)26-17-22-21-15(23(17)2)9-12-4-3-7-25-12/h3-8,10H,9H2,1-2H3,(H,20,24)/t10-/m1/s1. The Balaban J connectivity index is 1.64. The first-order valence-electron chi connectivity index (χ1n) is 7.77. The Bertz CT molecular complexity index is 914. The van der Waals surface area contributed by atoms with E-state index in [0.29, 0.717) is 17.3 Å². The second kappa shape index (κ2) is 8.20. The molecular formula is C17H16ClFN4OS2. The number of carbonyl (C=O) groups is 1. The number of anilines is 1. The molecule has 0 aliphatic carbocycles. The fourth-order valence-electron chi connectivity index (χ4n) is 2.21. The van der Waals surface area contributed by atoms with Crippen molar-refractivity contribution in [1.82, 2.24) is 14.8 Å². The van der Waals surface area contributed by atoms with Crippen LogP contribution in [0.3, 0.4) is 0 Å². The molecule has 2 aromatic heterocycles. The van der Waals surface area contributed by atoms with Crippen molar-refractivity contribution in [1.29, 1.82) is 0 Å². The van der Waals surface area contributed by atoms with Crippen LogP contribution in [0.5, 0.6) is 0 Å². The first-order chi connectivity index (χ1) is 12.4. The highest BCUT2D eigenvalue weighted by Gasteiger charge is 2.20. The SMILES string of the molecule is C[C@@H](Sc1nnc(Cc2cccs2)n1C)C(=O)Nc1ccc(F)cc1Cl. The molecule has 0 saturated carbocycles. The van der Waals surface area contributed by atoms with Crippen molar-refractivity contribution in [3.8, 4) is 0 Å². The van der Waals surface area contributed by atoms with Crippen LogP contribution in [0.2, 0.25) is 5.02 Å². The number of benzene rings is 1. The highest BCUT2D eigenvalue weighted by molar-refractivity contribution is 8.00. The molecule has 0 radical (unpaired) electrons. The largest absolute Gasteiger partial charge is 0.324 e. The number of aromatic nitrogens is 3. The van der Waals surface area contributed by atoms with Gasteiger partial charge in [-0.15, -0.1) is 21.5 Å². The van der Waals surface area contributed by atoms with Crippen molar-refractivity contribution in [2.24, 2.45) is 7.05 Å². The molecule has 1 amide bonds. The lowest BCUT2D eigenvalue weighted by Gasteiger charge is -2.12. The maximum absolute atomic E-state index is 13.1. The Morgan fingerprint density at radius 1 is 1.42 bits per heavy atom. The molecule has 2 heterocycles. The summed E-state index contributed by atoms with van der Waals surface area (Å²) in [6.07, 6.45) is 0.702. The molecule has 26 heavy (non-hydrogen) atoms. The van der Waals surface area contributed by atoms with Crippen LogP contribution in [0, 0.1) is 5.82 Å². The summed E-state index contributed by atoms with van der Waals surface area (Å²) in [5.74, 6) is 0.142. The van der Waals surface area contributed by atoms with Crippen molar-refractivity contribution < 1.29 is 9.18 Å². The molecule has 3 aromatic rings. The predicted molar refractivity (Wildman–Crippen MR) is 103 cm³/mol. The molecule has 3 rings (SSSR count). The molecule has 5 nitrogen and oxygen atoms in total. The molecule has 0 fully saturated rings. The topological polar surface area (TPSA) is 59.8 Å². The number of amides is 1. The molecule has 9 heteroatoms. The van der Waals surface area contributed by atoms with Crippen molar-refractivity contribution in [3.05, 3.63) is 57.3 Å². The monoisotopic (exact) mass is 410 g/mol. The molecule has 1 N–H and O–H groups in total. The summed E-state index contributed by atoms with van der Waals surface area (Å²) in [5, 5.41) is 13.5. The summed E-state index contributed by atoms with van der Waals surface area (Å²) >= 11 is 8.92. The minimum Gasteiger partial charge on any atom is -0.324 e. The van der Waals surface area contributed by atoms with Gasteiger partial charge in [-0.1, -0.05) is 29.4 Å². The van der Waals surface area contributed by atoms with Gasteiger partial charge in [-0.3, -0.25) is 4.79 Å². The van der Waals surface area contributed by atoms with E-state index < -0.39 is 11.1 Å². The molecule has 1 atom stereocenters. The quantitative estimate of drug-likeness (QED) is 0.612. The average Bonchev–Trinajstić information content (AvgIpc) is 3.22. The lowest BCUT2D eigenvalue weighted by atomic mass is 10.3. The fraction of sp³-hybridized carbons (Fsp3) is 0.235. The maximum atomic E-state index is 13.1. The minimum absolute atomic E-state index is 0.160. The first kappa shape index (κ1) is 18.9. The van der Waals surface area contributed by atoms with E-state index >= 15 is 0 Å². The van der Waals surface area contributed by atoms with E-state index in [1.807, 2.05) is 23.1 Å². The van der Waals surface area contributed by atoms with E-state index in [1.165, 1.54) is 28.8 Å². The second-order valence-electron chi connectivity index (χ2n) is 5.59. The summed E-state index contributed by atoms with van der Waals surface area (Å²) < 4.78 is 15.0. The van der Waals surface area contributed by atoms with E-state index in [4.69, 9.17) is 11.6 Å². The third-order valence-corrected chi connectivity index (χ3v) is 6.00. The van der Waals surface area contributed by atoms with Crippen LogP contribution >= 0.6 is 34.7 Å². The number of nitrogens with one attached hydrogen (secondary N) is 1. The van der Waals surface area contributed by atoms with E-state index in [9.17, 15) is 9.18 Å². The highest BCUT2D eigenvalue weighted by Crippen LogP contribution is 2.26. The van der Waals surface area contributed by atoms with Crippen LogP contribution in [-0.4, -0.2) is 25.9 Å². The van der Waals surface area contributed by atoms with Crippen molar-refractivity contribution in [3.63, 3.8) is 0 Å². The van der Waals surface area contributed by atoms with Gasteiger partial charge in [-0.25, -0.2) is 4.39 Å². The third kappa shape index (κ3) is 4.44. The molecule has 0 spiro atoms. The van der Waals surface area contributed by atoms with Gasteiger partial charge >= 0.3 is 0 Å².